The summed E-state index contributed by atoms with van der Waals surface area (Å²) in [7, 11) is 0. The minimum absolute atomic E-state index is 0.543. The number of nitrogens with zero attached hydrogens (tertiary/aromatic N) is 4. The number of fused-ring (bicyclic) bond motifs is 1. The van der Waals surface area contributed by atoms with E-state index in [1.165, 1.54) is 11.3 Å². The lowest BCUT2D eigenvalue weighted by Gasteiger charge is -2.01. The van der Waals surface area contributed by atoms with Gasteiger partial charge in [-0.3, -0.25) is 4.40 Å². The minimum atomic E-state index is 0.543. The predicted molar refractivity (Wildman–Crippen MR) is 101 cm³/mol. The maximum Gasteiger partial charge on any atom is 0.137 e. The van der Waals surface area contributed by atoms with Crippen LogP contribution in [0.25, 0.3) is 28.6 Å². The Bertz CT molecular complexity index is 1110. The lowest BCUT2D eigenvalue weighted by molar-refractivity contribution is 1.17. The highest BCUT2D eigenvalue weighted by Crippen LogP contribution is 2.29. The van der Waals surface area contributed by atoms with Crippen molar-refractivity contribution in [3.63, 3.8) is 0 Å². The van der Waals surface area contributed by atoms with E-state index >= 15 is 0 Å². The lowest BCUT2D eigenvalue weighted by Crippen LogP contribution is -1.89. The standard InChI is InChI=1S/C20H14N4S/c1-14-13-25-20(22-14)16(12-21)11-17-19(15-7-3-2-4-8-15)23-18-9-5-6-10-24(17)18/h2-11,13H,1H3/b16-11-. The van der Waals surface area contributed by atoms with Crippen molar-refractivity contribution in [1.29, 1.82) is 5.26 Å². The van der Waals surface area contributed by atoms with Crippen molar-refractivity contribution in [2.45, 2.75) is 6.92 Å². The van der Waals surface area contributed by atoms with Gasteiger partial charge in [0.05, 0.1) is 17.0 Å². The molecule has 0 aliphatic heterocycles. The molecule has 0 radical (unpaired) electrons. The Morgan fingerprint density at radius 1 is 1.12 bits per heavy atom. The number of aromatic nitrogens is 3. The molecule has 0 amide bonds. The van der Waals surface area contributed by atoms with Crippen molar-refractivity contribution in [2.24, 2.45) is 0 Å². The summed E-state index contributed by atoms with van der Waals surface area (Å²) < 4.78 is 2.00. The molecule has 0 unspecified atom stereocenters. The molecular weight excluding hydrogens is 328 g/mol. The van der Waals surface area contributed by atoms with Crippen molar-refractivity contribution in [3.8, 4) is 17.3 Å². The Labute approximate surface area is 149 Å². The van der Waals surface area contributed by atoms with Crippen LogP contribution in [0, 0.1) is 18.3 Å². The van der Waals surface area contributed by atoms with Gasteiger partial charge in [-0.25, -0.2) is 9.97 Å². The van der Waals surface area contributed by atoms with E-state index in [1.807, 2.05) is 77.5 Å². The largest absolute Gasteiger partial charge is 0.300 e. The van der Waals surface area contributed by atoms with Crippen LogP contribution < -0.4 is 0 Å². The van der Waals surface area contributed by atoms with Gasteiger partial charge >= 0.3 is 0 Å². The fraction of sp³-hybridized carbons (Fsp3) is 0.0500. The molecule has 5 heteroatoms. The zero-order valence-corrected chi connectivity index (χ0v) is 14.4. The summed E-state index contributed by atoms with van der Waals surface area (Å²) in [6.45, 7) is 1.93. The minimum Gasteiger partial charge on any atom is -0.300 e. The molecule has 0 aliphatic carbocycles. The average molecular weight is 342 g/mol. The molecule has 3 aromatic heterocycles. The van der Waals surface area contributed by atoms with Gasteiger partial charge in [-0.05, 0) is 25.1 Å². The van der Waals surface area contributed by atoms with Gasteiger partial charge in [0.25, 0.3) is 0 Å². The quantitative estimate of drug-likeness (QED) is 0.501. The Morgan fingerprint density at radius 3 is 2.64 bits per heavy atom. The second-order valence-corrected chi connectivity index (χ2v) is 6.46. The number of nitriles is 1. The van der Waals surface area contributed by atoms with Crippen LogP contribution in [0.5, 0.6) is 0 Å². The number of rotatable bonds is 3. The van der Waals surface area contributed by atoms with Crippen LogP contribution in [0.2, 0.25) is 0 Å². The zero-order valence-electron chi connectivity index (χ0n) is 13.5. The van der Waals surface area contributed by atoms with E-state index in [2.05, 4.69) is 11.1 Å². The van der Waals surface area contributed by atoms with Crippen molar-refractivity contribution in [3.05, 3.63) is 76.5 Å². The van der Waals surface area contributed by atoms with Crippen LogP contribution in [0.4, 0.5) is 0 Å². The second-order valence-electron chi connectivity index (χ2n) is 5.60. The number of imidazole rings is 1. The fourth-order valence-electron chi connectivity index (χ4n) is 2.72. The number of allylic oxidation sites excluding steroid dienone is 1. The van der Waals surface area contributed by atoms with E-state index < -0.39 is 0 Å². The molecule has 0 aliphatic rings. The molecule has 4 aromatic rings. The molecule has 0 saturated heterocycles. The van der Waals surface area contributed by atoms with Crippen LogP contribution in [0.1, 0.15) is 16.4 Å². The van der Waals surface area contributed by atoms with Gasteiger partial charge in [-0.1, -0.05) is 36.4 Å². The fourth-order valence-corrected chi connectivity index (χ4v) is 3.48. The van der Waals surface area contributed by atoms with Gasteiger partial charge in [0.1, 0.15) is 16.7 Å². The summed E-state index contributed by atoms with van der Waals surface area (Å²) in [5, 5.41) is 12.3. The summed E-state index contributed by atoms with van der Waals surface area (Å²) in [4.78, 5) is 9.20. The number of thiazole rings is 1. The molecule has 4 nitrogen and oxygen atoms in total. The van der Waals surface area contributed by atoms with Gasteiger partial charge in [0, 0.05) is 22.8 Å². The molecule has 1 aromatic carbocycles. The first-order valence-corrected chi connectivity index (χ1v) is 8.71. The summed E-state index contributed by atoms with van der Waals surface area (Å²) in [6, 6.07) is 18.2. The highest BCUT2D eigenvalue weighted by Gasteiger charge is 2.14. The monoisotopic (exact) mass is 342 g/mol. The van der Waals surface area contributed by atoms with E-state index in [0.29, 0.717) is 5.57 Å². The third-order valence-corrected chi connectivity index (χ3v) is 4.86. The first-order chi connectivity index (χ1) is 12.3. The van der Waals surface area contributed by atoms with Crippen LogP contribution >= 0.6 is 11.3 Å². The Morgan fingerprint density at radius 2 is 1.92 bits per heavy atom. The van der Waals surface area contributed by atoms with E-state index in [9.17, 15) is 5.26 Å². The number of benzene rings is 1. The number of hydrogen-bond acceptors (Lipinski definition) is 4. The highest BCUT2D eigenvalue weighted by molar-refractivity contribution is 7.11. The van der Waals surface area contributed by atoms with Gasteiger partial charge in [0.2, 0.25) is 0 Å². The maximum absolute atomic E-state index is 9.64. The molecule has 4 rings (SSSR count). The smallest absolute Gasteiger partial charge is 0.137 e. The third kappa shape index (κ3) is 2.84. The highest BCUT2D eigenvalue weighted by atomic mass is 32.1. The molecule has 120 valence electrons. The van der Waals surface area contributed by atoms with Gasteiger partial charge in [-0.15, -0.1) is 11.3 Å². The van der Waals surface area contributed by atoms with Crippen LogP contribution in [-0.4, -0.2) is 14.4 Å². The average Bonchev–Trinajstić information content (AvgIpc) is 3.24. The van der Waals surface area contributed by atoms with Crippen molar-refractivity contribution in [2.75, 3.05) is 0 Å². The topological polar surface area (TPSA) is 54.0 Å². The van der Waals surface area contributed by atoms with Crippen LogP contribution in [0.15, 0.2) is 60.1 Å². The van der Waals surface area contributed by atoms with Crippen molar-refractivity contribution in [1.82, 2.24) is 14.4 Å². The SMILES string of the molecule is Cc1csc(/C(C#N)=C\c2c(-c3ccccc3)nc3ccccn23)n1. The molecule has 0 saturated carbocycles. The number of hydrogen-bond donors (Lipinski definition) is 0. The van der Waals surface area contributed by atoms with E-state index in [4.69, 9.17) is 4.98 Å². The lowest BCUT2D eigenvalue weighted by atomic mass is 10.1. The molecule has 3 heterocycles. The molecule has 0 N–H and O–H groups in total. The molecule has 0 bridgehead atoms. The molecule has 0 fully saturated rings. The first kappa shape index (κ1) is 15.3. The summed E-state index contributed by atoms with van der Waals surface area (Å²) in [5.74, 6) is 0. The van der Waals surface area contributed by atoms with Crippen molar-refractivity contribution < 1.29 is 0 Å². The van der Waals surface area contributed by atoms with Crippen LogP contribution in [0.3, 0.4) is 0 Å². The maximum atomic E-state index is 9.64. The first-order valence-electron chi connectivity index (χ1n) is 7.83. The summed E-state index contributed by atoms with van der Waals surface area (Å²) in [5.41, 5.74) is 5.06. The zero-order chi connectivity index (χ0) is 17.2. The summed E-state index contributed by atoms with van der Waals surface area (Å²) in [6.07, 6.45) is 3.84. The molecule has 0 atom stereocenters. The number of aryl methyl sites for hydroxylation is 1. The predicted octanol–water partition coefficient (Wildman–Crippen LogP) is 4.83. The third-order valence-electron chi connectivity index (χ3n) is 3.87. The molecule has 0 spiro atoms. The second kappa shape index (κ2) is 6.34. The van der Waals surface area contributed by atoms with Gasteiger partial charge in [-0.2, -0.15) is 5.26 Å². The molecule has 25 heavy (non-hydrogen) atoms. The van der Waals surface area contributed by atoms with Gasteiger partial charge in [0.15, 0.2) is 0 Å². The van der Waals surface area contributed by atoms with E-state index in [0.717, 1.165) is 33.3 Å². The Kier molecular flexibility index (Phi) is 3.88. The Hall–Kier alpha value is -3.23. The molecular formula is C20H14N4S. The van der Waals surface area contributed by atoms with Gasteiger partial charge < -0.3 is 0 Å². The normalized spacial score (nSPS) is 11.6. The van der Waals surface area contributed by atoms with Crippen molar-refractivity contribution >= 4 is 28.6 Å². The van der Waals surface area contributed by atoms with Crippen LogP contribution in [-0.2, 0) is 0 Å². The number of pyridine rings is 1. The summed E-state index contributed by atoms with van der Waals surface area (Å²) >= 11 is 1.48. The Balaban J connectivity index is 1.97. The van der Waals surface area contributed by atoms with E-state index in [1.54, 1.807) is 0 Å². The van der Waals surface area contributed by atoms with E-state index in [-0.39, 0.29) is 0 Å².